The minimum Gasteiger partial charge on any atom is -0.490 e. The molecule has 1 aliphatic rings. The van der Waals surface area contributed by atoms with Crippen molar-refractivity contribution in [3.05, 3.63) is 41.3 Å². The molecule has 0 saturated carbocycles. The van der Waals surface area contributed by atoms with Crippen LogP contribution in [0, 0.1) is 6.92 Å². The Morgan fingerprint density at radius 3 is 2.88 bits per heavy atom. The number of carbonyl (C=O) groups excluding carboxylic acids is 1. The van der Waals surface area contributed by atoms with E-state index in [2.05, 4.69) is 10.1 Å². The van der Waals surface area contributed by atoms with Gasteiger partial charge in [0.15, 0.2) is 18.1 Å². The van der Waals surface area contributed by atoms with Crippen LogP contribution in [0.4, 0.5) is 0 Å². The summed E-state index contributed by atoms with van der Waals surface area (Å²) < 4.78 is 16.3. The van der Waals surface area contributed by atoms with Crippen LogP contribution in [0.15, 0.2) is 28.8 Å². The van der Waals surface area contributed by atoms with Crippen LogP contribution in [0.2, 0.25) is 0 Å². The second-order valence-corrected chi connectivity index (χ2v) is 6.46. The molecule has 1 amide bonds. The maximum absolute atomic E-state index is 10.9. The molecule has 26 heavy (non-hydrogen) atoms. The Kier molecular flexibility index (Phi) is 5.78. The van der Waals surface area contributed by atoms with Gasteiger partial charge in [0.25, 0.3) is 5.91 Å². The van der Waals surface area contributed by atoms with Gasteiger partial charge in [0.05, 0.1) is 12.6 Å². The van der Waals surface area contributed by atoms with E-state index in [4.69, 9.17) is 19.7 Å². The Hall–Kier alpha value is -2.54. The van der Waals surface area contributed by atoms with Crippen LogP contribution in [0.1, 0.15) is 42.8 Å². The average Bonchev–Trinajstić information content (AvgIpc) is 3.23. The summed E-state index contributed by atoms with van der Waals surface area (Å²) in [6, 6.07) is 8.06. The second-order valence-electron chi connectivity index (χ2n) is 6.46. The summed E-state index contributed by atoms with van der Waals surface area (Å²) >= 11 is 0. The van der Waals surface area contributed by atoms with Gasteiger partial charge < -0.3 is 19.7 Å². The number of aryl methyl sites for hydroxylation is 1. The molecule has 1 atom stereocenters. The minimum atomic E-state index is -0.515. The fourth-order valence-electron chi connectivity index (χ4n) is 3.31. The molecule has 1 saturated heterocycles. The Labute approximate surface area is 153 Å². The molecular formula is C19H25N3O4. The molecule has 0 bridgehead atoms. The molecule has 1 aliphatic heterocycles. The number of ether oxygens (including phenoxy) is 2. The lowest BCUT2D eigenvalue weighted by Gasteiger charge is -2.23. The van der Waals surface area contributed by atoms with Crippen molar-refractivity contribution in [2.75, 3.05) is 19.8 Å². The van der Waals surface area contributed by atoms with Gasteiger partial charge in [0.1, 0.15) is 11.5 Å². The molecule has 2 heterocycles. The molecule has 0 aliphatic carbocycles. The number of aromatic nitrogens is 1. The van der Waals surface area contributed by atoms with Crippen LogP contribution in [0.5, 0.6) is 11.5 Å². The largest absolute Gasteiger partial charge is 0.490 e. The summed E-state index contributed by atoms with van der Waals surface area (Å²) in [5, 5.41) is 4.19. The van der Waals surface area contributed by atoms with E-state index in [0.29, 0.717) is 18.1 Å². The second kappa shape index (κ2) is 8.23. The van der Waals surface area contributed by atoms with Crippen LogP contribution in [0.25, 0.3) is 0 Å². The quantitative estimate of drug-likeness (QED) is 0.779. The van der Waals surface area contributed by atoms with Crippen molar-refractivity contribution in [2.24, 2.45) is 5.73 Å². The lowest BCUT2D eigenvalue weighted by molar-refractivity contribution is -0.119. The smallest absolute Gasteiger partial charge is 0.255 e. The maximum atomic E-state index is 10.9. The number of likely N-dealkylation sites (tertiary alicyclic amines) is 1. The molecule has 0 radical (unpaired) electrons. The van der Waals surface area contributed by atoms with E-state index in [-0.39, 0.29) is 12.6 Å². The fourth-order valence-corrected chi connectivity index (χ4v) is 3.31. The molecular weight excluding hydrogens is 334 g/mol. The highest BCUT2D eigenvalue weighted by Crippen LogP contribution is 2.34. The van der Waals surface area contributed by atoms with E-state index in [0.717, 1.165) is 42.9 Å². The van der Waals surface area contributed by atoms with Gasteiger partial charge >= 0.3 is 0 Å². The van der Waals surface area contributed by atoms with Crippen molar-refractivity contribution in [2.45, 2.75) is 39.3 Å². The van der Waals surface area contributed by atoms with E-state index in [1.807, 2.05) is 38.1 Å². The van der Waals surface area contributed by atoms with Crippen molar-refractivity contribution in [1.29, 1.82) is 0 Å². The molecule has 1 aromatic heterocycles. The summed E-state index contributed by atoms with van der Waals surface area (Å²) in [6.07, 6.45) is 2.21. The van der Waals surface area contributed by atoms with Crippen LogP contribution in [-0.4, -0.2) is 35.7 Å². The summed E-state index contributed by atoms with van der Waals surface area (Å²) in [5.74, 6) is 1.47. The van der Waals surface area contributed by atoms with Gasteiger partial charge in [-0.1, -0.05) is 11.2 Å². The summed E-state index contributed by atoms with van der Waals surface area (Å²) in [5.41, 5.74) is 7.26. The molecule has 1 aromatic carbocycles. The third-order valence-corrected chi connectivity index (χ3v) is 4.41. The maximum Gasteiger partial charge on any atom is 0.255 e. The van der Waals surface area contributed by atoms with Crippen LogP contribution in [0.3, 0.4) is 0 Å². The summed E-state index contributed by atoms with van der Waals surface area (Å²) in [6.45, 7) is 5.97. The van der Waals surface area contributed by atoms with E-state index < -0.39 is 5.91 Å². The van der Waals surface area contributed by atoms with Gasteiger partial charge in [-0.05, 0) is 50.9 Å². The van der Waals surface area contributed by atoms with Gasteiger partial charge in [-0.15, -0.1) is 0 Å². The highest BCUT2D eigenvalue weighted by Gasteiger charge is 2.28. The van der Waals surface area contributed by atoms with Gasteiger partial charge in [-0.25, -0.2) is 0 Å². The topological polar surface area (TPSA) is 90.8 Å². The van der Waals surface area contributed by atoms with Crippen molar-refractivity contribution < 1.29 is 18.8 Å². The third-order valence-electron chi connectivity index (χ3n) is 4.41. The number of carbonyl (C=O) groups is 1. The first-order valence-corrected chi connectivity index (χ1v) is 8.91. The van der Waals surface area contributed by atoms with Gasteiger partial charge in [0, 0.05) is 12.6 Å². The van der Waals surface area contributed by atoms with Crippen LogP contribution >= 0.6 is 0 Å². The zero-order valence-corrected chi connectivity index (χ0v) is 15.2. The number of hydrogen-bond acceptors (Lipinski definition) is 6. The Bertz CT molecular complexity index is 759. The van der Waals surface area contributed by atoms with Crippen molar-refractivity contribution in [3.63, 3.8) is 0 Å². The number of primary amides is 1. The number of nitrogens with zero attached hydrogens (tertiary/aromatic N) is 2. The number of hydrogen-bond donors (Lipinski definition) is 1. The Balaban J connectivity index is 1.74. The number of rotatable bonds is 8. The van der Waals surface area contributed by atoms with Crippen molar-refractivity contribution >= 4 is 5.91 Å². The zero-order valence-electron chi connectivity index (χ0n) is 15.2. The predicted molar refractivity (Wildman–Crippen MR) is 95.9 cm³/mol. The molecule has 140 valence electrons. The molecule has 1 fully saturated rings. The van der Waals surface area contributed by atoms with E-state index in [1.54, 1.807) is 0 Å². The van der Waals surface area contributed by atoms with Crippen molar-refractivity contribution in [1.82, 2.24) is 10.1 Å². The average molecular weight is 359 g/mol. The predicted octanol–water partition coefficient (Wildman–Crippen LogP) is 2.58. The molecule has 0 unspecified atom stereocenters. The van der Waals surface area contributed by atoms with Crippen molar-refractivity contribution in [3.8, 4) is 11.5 Å². The molecule has 3 rings (SSSR count). The molecule has 2 N–H and O–H groups in total. The first kappa shape index (κ1) is 18.3. The monoisotopic (exact) mass is 359 g/mol. The van der Waals surface area contributed by atoms with E-state index in [9.17, 15) is 4.79 Å². The Morgan fingerprint density at radius 2 is 2.19 bits per heavy atom. The standard InChI is InChI=1S/C19H25N3O4/c1-3-24-18-10-14(6-7-17(18)25-12-19(20)23)11-22-8-4-5-16(22)15-9-13(2)26-21-15/h6-7,9-10,16H,3-5,8,11-12H2,1-2H3,(H2,20,23)/t16-/m1/s1. The first-order chi connectivity index (χ1) is 12.6. The van der Waals surface area contributed by atoms with Gasteiger partial charge in [-0.2, -0.15) is 0 Å². The number of nitrogens with two attached hydrogens (primary N) is 1. The zero-order chi connectivity index (χ0) is 18.5. The highest BCUT2D eigenvalue weighted by atomic mass is 16.5. The van der Waals surface area contributed by atoms with E-state index in [1.165, 1.54) is 0 Å². The molecule has 7 heteroatoms. The highest BCUT2D eigenvalue weighted by molar-refractivity contribution is 5.75. The van der Waals surface area contributed by atoms with Gasteiger partial charge in [0.2, 0.25) is 0 Å². The first-order valence-electron chi connectivity index (χ1n) is 8.91. The summed E-state index contributed by atoms with van der Waals surface area (Å²) in [4.78, 5) is 13.3. The van der Waals surface area contributed by atoms with Gasteiger partial charge in [-0.3, -0.25) is 9.69 Å². The Morgan fingerprint density at radius 1 is 1.35 bits per heavy atom. The molecule has 2 aromatic rings. The fraction of sp³-hybridized carbons (Fsp3) is 0.474. The number of benzene rings is 1. The number of amides is 1. The van der Waals surface area contributed by atoms with E-state index >= 15 is 0 Å². The van der Waals surface area contributed by atoms with Crippen LogP contribution < -0.4 is 15.2 Å². The summed E-state index contributed by atoms with van der Waals surface area (Å²) in [7, 11) is 0. The third kappa shape index (κ3) is 4.35. The lowest BCUT2D eigenvalue weighted by atomic mass is 10.1. The minimum absolute atomic E-state index is 0.168. The SMILES string of the molecule is CCOc1cc(CN2CCC[C@@H]2c2cc(C)on2)ccc1OCC(N)=O. The molecule has 7 nitrogen and oxygen atoms in total. The lowest BCUT2D eigenvalue weighted by Crippen LogP contribution is -2.23. The van der Waals surface area contributed by atoms with Crippen LogP contribution in [-0.2, 0) is 11.3 Å². The molecule has 0 spiro atoms. The normalized spacial score (nSPS) is 17.4.